The van der Waals surface area contributed by atoms with Crippen molar-refractivity contribution in [3.63, 3.8) is 0 Å². The van der Waals surface area contributed by atoms with E-state index in [0.29, 0.717) is 17.1 Å². The van der Waals surface area contributed by atoms with E-state index in [1.807, 2.05) is 53.9 Å². The number of amides is 1. The van der Waals surface area contributed by atoms with Gasteiger partial charge in [-0.25, -0.2) is 4.98 Å². The number of benzene rings is 1. The van der Waals surface area contributed by atoms with Gasteiger partial charge in [0.15, 0.2) is 0 Å². The van der Waals surface area contributed by atoms with Gasteiger partial charge in [-0.1, -0.05) is 23.7 Å². The number of morpholine rings is 1. The second-order valence-electron chi connectivity index (χ2n) is 6.81. The maximum Gasteiger partial charge on any atom is 0.252 e. The predicted octanol–water partition coefficient (Wildman–Crippen LogP) is 3.24. The number of imidazole rings is 1. The molecule has 1 amide bonds. The summed E-state index contributed by atoms with van der Waals surface area (Å²) >= 11 is 6.07. The molecule has 0 unspecified atom stereocenters. The minimum Gasteiger partial charge on any atom is -0.379 e. The third-order valence-corrected chi connectivity index (χ3v) is 5.16. The molecule has 6 nitrogen and oxygen atoms in total. The number of carbonyl (C=O) groups excluding carboxylic acids is 1. The van der Waals surface area contributed by atoms with Crippen LogP contribution in [0.25, 0.3) is 16.9 Å². The van der Waals surface area contributed by atoms with Crippen LogP contribution in [0.4, 0.5) is 0 Å². The van der Waals surface area contributed by atoms with Gasteiger partial charge >= 0.3 is 0 Å². The summed E-state index contributed by atoms with van der Waals surface area (Å²) in [6, 6.07) is 11.4. The van der Waals surface area contributed by atoms with E-state index in [1.54, 1.807) is 0 Å². The van der Waals surface area contributed by atoms with E-state index in [2.05, 4.69) is 10.2 Å². The third kappa shape index (κ3) is 3.90. The minimum absolute atomic E-state index is 0.0801. The van der Waals surface area contributed by atoms with Crippen molar-refractivity contribution in [2.75, 3.05) is 32.8 Å². The van der Waals surface area contributed by atoms with Crippen molar-refractivity contribution >= 4 is 23.2 Å². The van der Waals surface area contributed by atoms with E-state index < -0.39 is 0 Å². The lowest BCUT2D eigenvalue weighted by molar-refractivity contribution is 0.0336. The van der Waals surface area contributed by atoms with Gasteiger partial charge in [0.2, 0.25) is 0 Å². The normalized spacial score (nSPS) is 15.1. The number of nitrogens with zero attached hydrogens (tertiary/aromatic N) is 3. The molecule has 146 valence electrons. The Bertz CT molecular complexity index is 978. The lowest BCUT2D eigenvalue weighted by Crippen LogP contribution is -2.36. The molecule has 1 fully saturated rings. The maximum atomic E-state index is 12.3. The van der Waals surface area contributed by atoms with Crippen molar-refractivity contribution in [3.05, 3.63) is 58.9 Å². The van der Waals surface area contributed by atoms with Gasteiger partial charge in [0.25, 0.3) is 5.91 Å². The summed E-state index contributed by atoms with van der Waals surface area (Å²) in [7, 11) is 0. The summed E-state index contributed by atoms with van der Waals surface area (Å²) < 4.78 is 7.51. The van der Waals surface area contributed by atoms with Crippen LogP contribution in [0, 0.1) is 0 Å². The zero-order valence-electron chi connectivity index (χ0n) is 15.8. The van der Waals surface area contributed by atoms with E-state index in [-0.39, 0.29) is 5.91 Å². The molecule has 7 heteroatoms. The number of pyridine rings is 1. The van der Waals surface area contributed by atoms with Gasteiger partial charge in [-0.2, -0.15) is 0 Å². The van der Waals surface area contributed by atoms with E-state index in [4.69, 9.17) is 21.3 Å². The second kappa shape index (κ2) is 8.31. The molecule has 1 saturated heterocycles. The second-order valence-corrected chi connectivity index (χ2v) is 7.24. The SMILES string of the molecule is CCNC(=O)c1ccc2nc(-c3ccc(Cl)cc3)c(CN3CCOCC3)n2c1. The summed E-state index contributed by atoms with van der Waals surface area (Å²) in [6.45, 7) is 6.47. The molecule has 28 heavy (non-hydrogen) atoms. The van der Waals surface area contributed by atoms with Crippen LogP contribution < -0.4 is 5.32 Å². The highest BCUT2D eigenvalue weighted by Gasteiger charge is 2.20. The van der Waals surface area contributed by atoms with Crippen LogP contribution in [0.3, 0.4) is 0 Å². The lowest BCUT2D eigenvalue weighted by atomic mass is 10.1. The quantitative estimate of drug-likeness (QED) is 0.716. The van der Waals surface area contributed by atoms with Gasteiger partial charge in [-0.3, -0.25) is 9.69 Å². The predicted molar refractivity (Wildman–Crippen MR) is 110 cm³/mol. The third-order valence-electron chi connectivity index (χ3n) is 4.91. The van der Waals surface area contributed by atoms with Gasteiger partial charge < -0.3 is 14.5 Å². The van der Waals surface area contributed by atoms with Crippen molar-refractivity contribution in [2.24, 2.45) is 0 Å². The largest absolute Gasteiger partial charge is 0.379 e. The Morgan fingerprint density at radius 1 is 1.18 bits per heavy atom. The molecule has 3 heterocycles. The standard InChI is InChI=1S/C21H23ClN4O2/c1-2-23-21(27)16-5-8-19-24-20(15-3-6-17(22)7-4-15)18(26(19)13-16)14-25-9-11-28-12-10-25/h3-8,13H,2,9-12,14H2,1H3,(H,23,27). The molecule has 1 aromatic carbocycles. The van der Waals surface area contributed by atoms with Crippen LogP contribution in [0.15, 0.2) is 42.6 Å². The van der Waals surface area contributed by atoms with Crippen molar-refractivity contribution < 1.29 is 9.53 Å². The summed E-state index contributed by atoms with van der Waals surface area (Å²) in [5.41, 5.74) is 4.43. The average Bonchev–Trinajstić information content (AvgIpc) is 3.07. The molecule has 2 aromatic heterocycles. The first kappa shape index (κ1) is 18.9. The van der Waals surface area contributed by atoms with Gasteiger partial charge in [0.1, 0.15) is 5.65 Å². The Hall–Kier alpha value is -2.41. The number of halogens is 1. The van der Waals surface area contributed by atoms with Crippen molar-refractivity contribution in [1.82, 2.24) is 19.6 Å². The van der Waals surface area contributed by atoms with Crippen LogP contribution in [0.5, 0.6) is 0 Å². The summed E-state index contributed by atoms with van der Waals surface area (Å²) in [6.07, 6.45) is 1.88. The molecule has 0 spiro atoms. The number of aromatic nitrogens is 2. The molecule has 0 radical (unpaired) electrons. The first-order valence-corrected chi connectivity index (χ1v) is 9.88. The molecule has 1 aliphatic heterocycles. The van der Waals surface area contributed by atoms with E-state index in [0.717, 1.165) is 55.4 Å². The monoisotopic (exact) mass is 398 g/mol. The number of rotatable bonds is 5. The summed E-state index contributed by atoms with van der Waals surface area (Å²) in [5.74, 6) is -0.0801. The number of ether oxygens (including phenoxy) is 1. The average molecular weight is 399 g/mol. The molecule has 1 aliphatic rings. The fourth-order valence-electron chi connectivity index (χ4n) is 3.45. The highest BCUT2D eigenvalue weighted by molar-refractivity contribution is 6.30. The zero-order valence-corrected chi connectivity index (χ0v) is 16.6. The fourth-order valence-corrected chi connectivity index (χ4v) is 3.58. The van der Waals surface area contributed by atoms with Crippen LogP contribution in [0.2, 0.25) is 5.02 Å². The molecule has 1 N–H and O–H groups in total. The van der Waals surface area contributed by atoms with Gasteiger partial charge in [-0.05, 0) is 31.2 Å². The van der Waals surface area contributed by atoms with Gasteiger partial charge in [0.05, 0.1) is 30.2 Å². The van der Waals surface area contributed by atoms with E-state index in [1.165, 1.54) is 0 Å². The van der Waals surface area contributed by atoms with Crippen LogP contribution >= 0.6 is 11.6 Å². The molecule has 0 atom stereocenters. The number of hydrogen-bond acceptors (Lipinski definition) is 4. The summed E-state index contributed by atoms with van der Waals surface area (Å²) in [5, 5.41) is 3.55. The van der Waals surface area contributed by atoms with Gasteiger partial charge in [-0.15, -0.1) is 0 Å². The molecule has 0 aliphatic carbocycles. The smallest absolute Gasteiger partial charge is 0.252 e. The Morgan fingerprint density at radius 3 is 2.64 bits per heavy atom. The number of hydrogen-bond donors (Lipinski definition) is 1. The fraction of sp³-hybridized carbons (Fsp3) is 0.333. The molecular weight excluding hydrogens is 376 g/mol. The van der Waals surface area contributed by atoms with Gasteiger partial charge in [0, 0.05) is 43.0 Å². The number of fused-ring (bicyclic) bond motifs is 1. The van der Waals surface area contributed by atoms with Crippen molar-refractivity contribution in [3.8, 4) is 11.3 Å². The topological polar surface area (TPSA) is 58.9 Å². The van der Waals surface area contributed by atoms with E-state index in [9.17, 15) is 4.79 Å². The molecule has 0 saturated carbocycles. The first-order valence-electron chi connectivity index (χ1n) is 9.51. The van der Waals surface area contributed by atoms with Crippen molar-refractivity contribution in [1.29, 1.82) is 0 Å². The highest BCUT2D eigenvalue weighted by atomic mass is 35.5. The number of carbonyl (C=O) groups is 1. The van der Waals surface area contributed by atoms with Crippen LogP contribution in [-0.2, 0) is 11.3 Å². The van der Waals surface area contributed by atoms with Crippen LogP contribution in [-0.4, -0.2) is 53.0 Å². The Labute approximate surface area is 169 Å². The molecule has 0 bridgehead atoms. The Balaban J connectivity index is 1.80. The first-order chi connectivity index (χ1) is 13.7. The zero-order chi connectivity index (χ0) is 19.5. The molecule has 3 aromatic rings. The number of nitrogens with one attached hydrogen (secondary N) is 1. The Kier molecular flexibility index (Phi) is 5.62. The van der Waals surface area contributed by atoms with Crippen LogP contribution in [0.1, 0.15) is 23.0 Å². The molecule has 4 rings (SSSR count). The highest BCUT2D eigenvalue weighted by Crippen LogP contribution is 2.27. The lowest BCUT2D eigenvalue weighted by Gasteiger charge is -2.26. The molecular formula is C21H23ClN4O2. The minimum atomic E-state index is -0.0801. The Morgan fingerprint density at radius 2 is 1.93 bits per heavy atom. The maximum absolute atomic E-state index is 12.3. The van der Waals surface area contributed by atoms with E-state index >= 15 is 0 Å². The summed E-state index contributed by atoms with van der Waals surface area (Å²) in [4.78, 5) is 19.5. The van der Waals surface area contributed by atoms with Crippen molar-refractivity contribution in [2.45, 2.75) is 13.5 Å².